The van der Waals surface area contributed by atoms with Crippen molar-refractivity contribution in [2.75, 3.05) is 13.2 Å². The van der Waals surface area contributed by atoms with E-state index in [2.05, 4.69) is 32.7 Å². The number of nitrogens with one attached hydrogen (secondary N) is 1. The molecule has 2 nitrogen and oxygen atoms in total. The van der Waals surface area contributed by atoms with Crippen LogP contribution in [0.2, 0.25) is 0 Å². The van der Waals surface area contributed by atoms with Crippen LogP contribution in [-0.2, 0) is 11.3 Å². The van der Waals surface area contributed by atoms with Gasteiger partial charge in [0, 0.05) is 33.9 Å². The zero-order valence-electron chi connectivity index (χ0n) is 7.25. The number of ether oxygens (including phenoxy) is 1. The highest BCUT2D eigenvalue weighted by Crippen LogP contribution is 2.19. The second-order valence-corrected chi connectivity index (χ2v) is 5.08. The van der Waals surface area contributed by atoms with Gasteiger partial charge in [-0.3, -0.25) is 0 Å². The van der Waals surface area contributed by atoms with Crippen LogP contribution in [-0.4, -0.2) is 19.3 Å². The van der Waals surface area contributed by atoms with Crippen molar-refractivity contribution in [3.05, 3.63) is 20.8 Å². The Hall–Kier alpha value is 0.1000. The summed E-state index contributed by atoms with van der Waals surface area (Å²) in [6.45, 7) is 2.74. The van der Waals surface area contributed by atoms with E-state index >= 15 is 0 Å². The number of hydrogen-bond donors (Lipinski definition) is 1. The van der Waals surface area contributed by atoms with Gasteiger partial charge in [-0.1, -0.05) is 0 Å². The summed E-state index contributed by atoms with van der Waals surface area (Å²) in [5, 5.41) is 5.59. The maximum absolute atomic E-state index is 5.28. The molecule has 0 saturated carbocycles. The fraction of sp³-hybridized carbons (Fsp3) is 0.556. The number of halogens is 1. The average molecular weight is 262 g/mol. The maximum atomic E-state index is 5.28. The van der Waals surface area contributed by atoms with Crippen molar-refractivity contribution in [2.45, 2.75) is 19.0 Å². The minimum atomic E-state index is 0.556. The molecule has 2 heterocycles. The van der Waals surface area contributed by atoms with Crippen LogP contribution in [0.3, 0.4) is 0 Å². The lowest BCUT2D eigenvalue weighted by Crippen LogP contribution is -2.28. The third-order valence-corrected chi connectivity index (χ3v) is 3.81. The molecule has 72 valence electrons. The number of rotatable bonds is 3. The molecule has 0 bridgehead atoms. The molecule has 1 aromatic heterocycles. The second kappa shape index (κ2) is 4.55. The lowest BCUT2D eigenvalue weighted by Gasteiger charge is -2.08. The van der Waals surface area contributed by atoms with Crippen LogP contribution in [0.25, 0.3) is 0 Å². The minimum Gasteiger partial charge on any atom is -0.380 e. The van der Waals surface area contributed by atoms with E-state index in [1.54, 1.807) is 11.3 Å². The van der Waals surface area contributed by atoms with Gasteiger partial charge in [0.1, 0.15) is 0 Å². The van der Waals surface area contributed by atoms with Gasteiger partial charge in [0.25, 0.3) is 0 Å². The quantitative estimate of drug-likeness (QED) is 0.903. The van der Waals surface area contributed by atoms with Crippen molar-refractivity contribution in [1.82, 2.24) is 5.32 Å². The van der Waals surface area contributed by atoms with Gasteiger partial charge in [-0.15, -0.1) is 11.3 Å². The standard InChI is InChI=1S/C9H12BrNOS/c10-7-3-9(13-6-7)4-11-8-1-2-12-5-8/h3,6,8,11H,1-2,4-5H2. The zero-order chi connectivity index (χ0) is 9.10. The van der Waals surface area contributed by atoms with E-state index in [-0.39, 0.29) is 0 Å². The van der Waals surface area contributed by atoms with Crippen molar-refractivity contribution in [3.8, 4) is 0 Å². The Kier molecular flexibility index (Phi) is 3.38. The first kappa shape index (κ1) is 9.65. The summed E-state index contributed by atoms with van der Waals surface area (Å²) in [7, 11) is 0. The molecule has 0 aromatic carbocycles. The van der Waals surface area contributed by atoms with Crippen molar-refractivity contribution >= 4 is 27.3 Å². The van der Waals surface area contributed by atoms with Crippen molar-refractivity contribution in [3.63, 3.8) is 0 Å². The van der Waals surface area contributed by atoms with E-state index in [0.29, 0.717) is 6.04 Å². The fourth-order valence-electron chi connectivity index (χ4n) is 1.39. The summed E-state index contributed by atoms with van der Waals surface area (Å²) in [6.07, 6.45) is 1.15. The fourth-order valence-corrected chi connectivity index (χ4v) is 2.79. The Labute approximate surface area is 90.4 Å². The highest BCUT2D eigenvalue weighted by atomic mass is 79.9. The van der Waals surface area contributed by atoms with Gasteiger partial charge in [-0.05, 0) is 28.4 Å². The van der Waals surface area contributed by atoms with Crippen LogP contribution in [0.15, 0.2) is 15.9 Å². The van der Waals surface area contributed by atoms with Gasteiger partial charge in [-0.25, -0.2) is 0 Å². The maximum Gasteiger partial charge on any atom is 0.0620 e. The Balaban J connectivity index is 1.78. The number of hydrogen-bond acceptors (Lipinski definition) is 3. The summed E-state index contributed by atoms with van der Waals surface area (Å²) in [6, 6.07) is 2.72. The van der Waals surface area contributed by atoms with Crippen LogP contribution in [0.5, 0.6) is 0 Å². The number of thiophene rings is 1. The van der Waals surface area contributed by atoms with Crippen LogP contribution in [0.1, 0.15) is 11.3 Å². The first-order valence-corrected chi connectivity index (χ1v) is 6.06. The van der Waals surface area contributed by atoms with Gasteiger partial charge in [0.2, 0.25) is 0 Å². The van der Waals surface area contributed by atoms with Crippen molar-refractivity contribution in [1.29, 1.82) is 0 Å². The predicted octanol–water partition coefficient (Wildman–Crippen LogP) is 2.39. The van der Waals surface area contributed by atoms with Crippen LogP contribution >= 0.6 is 27.3 Å². The van der Waals surface area contributed by atoms with Crippen molar-refractivity contribution < 1.29 is 4.74 Å². The first-order chi connectivity index (χ1) is 6.34. The Morgan fingerprint density at radius 1 is 1.69 bits per heavy atom. The van der Waals surface area contributed by atoms with E-state index in [1.807, 2.05) is 0 Å². The SMILES string of the molecule is Brc1csc(CNC2CCOC2)c1. The summed E-state index contributed by atoms with van der Waals surface area (Å²) in [4.78, 5) is 1.37. The van der Waals surface area contributed by atoms with Crippen LogP contribution < -0.4 is 5.32 Å². The Morgan fingerprint density at radius 3 is 3.23 bits per heavy atom. The molecule has 0 aliphatic carbocycles. The molecule has 0 spiro atoms. The second-order valence-electron chi connectivity index (χ2n) is 3.17. The summed E-state index contributed by atoms with van der Waals surface area (Å²) in [5.41, 5.74) is 0. The summed E-state index contributed by atoms with van der Waals surface area (Å²) < 4.78 is 6.46. The highest BCUT2D eigenvalue weighted by Gasteiger charge is 2.14. The van der Waals surface area contributed by atoms with E-state index < -0.39 is 0 Å². The third kappa shape index (κ3) is 2.77. The average Bonchev–Trinajstić information content (AvgIpc) is 2.71. The molecule has 1 atom stereocenters. The molecule has 13 heavy (non-hydrogen) atoms. The Morgan fingerprint density at radius 2 is 2.62 bits per heavy atom. The Bertz CT molecular complexity index is 270. The predicted molar refractivity (Wildman–Crippen MR) is 58.1 cm³/mol. The van der Waals surface area contributed by atoms with Gasteiger partial charge < -0.3 is 10.1 Å². The molecule has 1 unspecified atom stereocenters. The van der Waals surface area contributed by atoms with Gasteiger partial charge in [0.05, 0.1) is 6.61 Å². The minimum absolute atomic E-state index is 0.556. The molecule has 1 saturated heterocycles. The van der Waals surface area contributed by atoms with Crippen LogP contribution in [0.4, 0.5) is 0 Å². The summed E-state index contributed by atoms with van der Waals surface area (Å²) >= 11 is 5.23. The van der Waals surface area contributed by atoms with Gasteiger partial charge in [-0.2, -0.15) is 0 Å². The first-order valence-electron chi connectivity index (χ1n) is 4.38. The van der Waals surface area contributed by atoms with Gasteiger partial charge >= 0.3 is 0 Å². The monoisotopic (exact) mass is 261 g/mol. The third-order valence-electron chi connectivity index (χ3n) is 2.12. The van der Waals surface area contributed by atoms with Crippen molar-refractivity contribution in [2.24, 2.45) is 0 Å². The molecule has 2 rings (SSSR count). The lowest BCUT2D eigenvalue weighted by atomic mass is 10.2. The molecular weight excluding hydrogens is 250 g/mol. The molecule has 0 amide bonds. The molecule has 0 radical (unpaired) electrons. The van der Waals surface area contributed by atoms with Crippen LogP contribution in [0, 0.1) is 0 Å². The molecule has 1 fully saturated rings. The summed E-state index contributed by atoms with van der Waals surface area (Å²) in [5.74, 6) is 0. The molecule has 4 heteroatoms. The van der Waals surface area contributed by atoms with E-state index in [0.717, 1.165) is 26.2 Å². The smallest absolute Gasteiger partial charge is 0.0620 e. The molecule has 1 aromatic rings. The lowest BCUT2D eigenvalue weighted by molar-refractivity contribution is 0.190. The topological polar surface area (TPSA) is 21.3 Å². The normalized spacial score (nSPS) is 22.4. The largest absolute Gasteiger partial charge is 0.380 e. The molecular formula is C9H12BrNOS. The molecule has 1 aliphatic rings. The molecule has 1 N–H and O–H groups in total. The highest BCUT2D eigenvalue weighted by molar-refractivity contribution is 9.10. The van der Waals surface area contributed by atoms with E-state index in [4.69, 9.17) is 4.74 Å². The molecule has 1 aliphatic heterocycles. The van der Waals surface area contributed by atoms with Gasteiger partial charge in [0.15, 0.2) is 0 Å². The van der Waals surface area contributed by atoms with E-state index in [1.165, 1.54) is 9.35 Å². The van der Waals surface area contributed by atoms with E-state index in [9.17, 15) is 0 Å². The zero-order valence-corrected chi connectivity index (χ0v) is 9.66.